The van der Waals surface area contributed by atoms with E-state index in [0.717, 1.165) is 40.7 Å². The lowest BCUT2D eigenvalue weighted by Gasteiger charge is -2.30. The van der Waals surface area contributed by atoms with Gasteiger partial charge in [-0.3, -0.25) is 4.79 Å². The number of rotatable bonds is 3. The number of H-pyrrole nitrogens is 1. The number of nitrogens with one attached hydrogen (secondary N) is 1. The molecule has 3 heterocycles. The molecule has 2 aromatic carbocycles. The molecular formula is C24H20N4O2. The summed E-state index contributed by atoms with van der Waals surface area (Å²) in [6.07, 6.45) is 3.17. The van der Waals surface area contributed by atoms with Crippen molar-refractivity contribution in [1.82, 2.24) is 15.2 Å². The first kappa shape index (κ1) is 18.1. The second kappa shape index (κ2) is 7.15. The van der Waals surface area contributed by atoms with E-state index in [-0.39, 0.29) is 11.7 Å². The molecule has 0 saturated carbocycles. The van der Waals surface area contributed by atoms with Gasteiger partial charge in [-0.1, -0.05) is 30.8 Å². The van der Waals surface area contributed by atoms with Gasteiger partial charge in [0, 0.05) is 34.4 Å². The maximum Gasteiger partial charge on any atom is 0.250 e. The van der Waals surface area contributed by atoms with E-state index in [1.165, 1.54) is 6.08 Å². The number of fused-ring (bicyclic) bond motifs is 2. The number of aromatic nitrogens is 3. The molecule has 1 amide bonds. The third-order valence-corrected chi connectivity index (χ3v) is 5.54. The minimum absolute atomic E-state index is 0.0806. The maximum absolute atomic E-state index is 12.3. The minimum Gasteiger partial charge on any atom is -0.507 e. The Morgan fingerprint density at radius 1 is 1.10 bits per heavy atom. The number of hydrogen-bond acceptors (Lipinski definition) is 4. The number of carbonyl (C=O) groups is 1. The number of aromatic amines is 1. The summed E-state index contributed by atoms with van der Waals surface area (Å²) < 4.78 is 0. The molecule has 30 heavy (non-hydrogen) atoms. The number of benzene rings is 2. The number of phenols is 1. The van der Waals surface area contributed by atoms with E-state index in [9.17, 15) is 9.90 Å². The smallest absolute Gasteiger partial charge is 0.250 e. The van der Waals surface area contributed by atoms with Crippen LogP contribution in [0.1, 0.15) is 12.0 Å². The molecule has 6 heteroatoms. The normalized spacial score (nSPS) is 13.3. The van der Waals surface area contributed by atoms with Gasteiger partial charge in [-0.25, -0.2) is 0 Å². The Balaban J connectivity index is 1.60. The van der Waals surface area contributed by atoms with Crippen LogP contribution >= 0.6 is 0 Å². The lowest BCUT2D eigenvalue weighted by molar-refractivity contribution is -0.114. The second-order valence-electron chi connectivity index (χ2n) is 7.33. The number of anilines is 1. The van der Waals surface area contributed by atoms with E-state index in [0.29, 0.717) is 23.4 Å². The Kier molecular flexibility index (Phi) is 4.32. The van der Waals surface area contributed by atoms with E-state index in [1.807, 2.05) is 36.4 Å². The summed E-state index contributed by atoms with van der Waals surface area (Å²) in [5.74, 6) is 0.0916. The first-order chi connectivity index (χ1) is 14.7. The molecule has 0 unspecified atom stereocenters. The van der Waals surface area contributed by atoms with Crippen LogP contribution in [0.2, 0.25) is 0 Å². The molecule has 1 aliphatic heterocycles. The summed E-state index contributed by atoms with van der Waals surface area (Å²) in [4.78, 5) is 17.4. The molecule has 0 spiro atoms. The van der Waals surface area contributed by atoms with Crippen molar-refractivity contribution >= 4 is 22.6 Å². The average molecular weight is 396 g/mol. The molecule has 0 atom stereocenters. The summed E-state index contributed by atoms with van der Waals surface area (Å²) in [5, 5.41) is 19.6. The molecule has 1 aliphatic rings. The van der Waals surface area contributed by atoms with Crippen molar-refractivity contribution in [3.05, 3.63) is 72.8 Å². The van der Waals surface area contributed by atoms with Gasteiger partial charge < -0.3 is 15.0 Å². The van der Waals surface area contributed by atoms with Crippen LogP contribution in [0.15, 0.2) is 67.3 Å². The lowest BCUT2D eigenvalue weighted by Crippen LogP contribution is -2.34. The van der Waals surface area contributed by atoms with Crippen molar-refractivity contribution in [3.8, 4) is 28.3 Å². The van der Waals surface area contributed by atoms with Gasteiger partial charge in [-0.2, -0.15) is 0 Å². The number of hydrogen-bond donors (Lipinski definition) is 2. The summed E-state index contributed by atoms with van der Waals surface area (Å²) in [7, 11) is 0. The first-order valence-electron chi connectivity index (χ1n) is 9.86. The predicted molar refractivity (Wildman–Crippen MR) is 117 cm³/mol. The number of amides is 1. The van der Waals surface area contributed by atoms with Gasteiger partial charge in [0.1, 0.15) is 5.75 Å². The fourth-order valence-electron chi connectivity index (χ4n) is 4.12. The first-order valence-corrected chi connectivity index (χ1v) is 9.86. The summed E-state index contributed by atoms with van der Waals surface area (Å²) >= 11 is 0. The van der Waals surface area contributed by atoms with Crippen molar-refractivity contribution in [2.45, 2.75) is 12.8 Å². The van der Waals surface area contributed by atoms with Gasteiger partial charge in [0.25, 0.3) is 0 Å². The topological polar surface area (TPSA) is 82.1 Å². The number of carbonyl (C=O) groups excluding carboxylic acids is 1. The molecule has 6 nitrogen and oxygen atoms in total. The van der Waals surface area contributed by atoms with Gasteiger partial charge in [0.05, 0.1) is 5.69 Å². The molecular weight excluding hydrogens is 376 g/mol. The largest absolute Gasteiger partial charge is 0.507 e. The highest BCUT2D eigenvalue weighted by molar-refractivity contribution is 6.02. The molecule has 2 aromatic heterocycles. The molecule has 5 rings (SSSR count). The third-order valence-electron chi connectivity index (χ3n) is 5.54. The van der Waals surface area contributed by atoms with E-state index in [4.69, 9.17) is 0 Å². The van der Waals surface area contributed by atoms with Crippen LogP contribution in [0.3, 0.4) is 0 Å². The highest BCUT2D eigenvalue weighted by Crippen LogP contribution is 2.37. The van der Waals surface area contributed by atoms with Crippen molar-refractivity contribution in [3.63, 3.8) is 0 Å². The zero-order valence-corrected chi connectivity index (χ0v) is 16.3. The number of aromatic hydroxyl groups is 1. The van der Waals surface area contributed by atoms with E-state index in [2.05, 4.69) is 27.8 Å². The Morgan fingerprint density at radius 2 is 1.93 bits per heavy atom. The SMILES string of the molecule is C=CC(=O)N1CCCc2c(-c3cc4cc(-c5ccccc5O)nnc4[nH]3)cccc21. The molecule has 4 aromatic rings. The van der Waals surface area contributed by atoms with Crippen LogP contribution in [-0.2, 0) is 11.2 Å². The zero-order valence-electron chi connectivity index (χ0n) is 16.3. The van der Waals surface area contributed by atoms with E-state index < -0.39 is 0 Å². The molecule has 0 radical (unpaired) electrons. The Hall–Kier alpha value is -3.93. The Bertz CT molecular complexity index is 1290. The van der Waals surface area contributed by atoms with Crippen LogP contribution in [0.4, 0.5) is 5.69 Å². The fourth-order valence-corrected chi connectivity index (χ4v) is 4.12. The van der Waals surface area contributed by atoms with Crippen molar-refractivity contribution in [1.29, 1.82) is 0 Å². The molecule has 0 aliphatic carbocycles. The predicted octanol–water partition coefficient (Wildman–Crippen LogP) is 4.46. The van der Waals surface area contributed by atoms with Crippen LogP contribution in [-0.4, -0.2) is 32.7 Å². The number of para-hydroxylation sites is 1. The molecule has 148 valence electrons. The lowest BCUT2D eigenvalue weighted by atomic mass is 9.94. The van der Waals surface area contributed by atoms with Crippen molar-refractivity contribution < 1.29 is 9.90 Å². The molecule has 2 N–H and O–H groups in total. The summed E-state index contributed by atoms with van der Waals surface area (Å²) in [6.45, 7) is 4.32. The standard InChI is InChI=1S/C24H20N4O2/c1-2-23(30)28-12-6-9-17-16(8-5-10-21(17)28)19-13-15-14-20(26-27-24(15)25-19)18-7-3-4-11-22(18)29/h2-5,7-8,10-11,13-14,29H,1,6,9,12H2,(H,25,27). The van der Waals surface area contributed by atoms with Crippen LogP contribution in [0.25, 0.3) is 33.5 Å². The zero-order chi connectivity index (χ0) is 20.7. The molecule has 0 fully saturated rings. The quantitative estimate of drug-likeness (QED) is 0.501. The number of nitrogens with zero attached hydrogens (tertiary/aromatic N) is 3. The molecule has 0 bridgehead atoms. The van der Waals surface area contributed by atoms with E-state index >= 15 is 0 Å². The van der Waals surface area contributed by atoms with Crippen molar-refractivity contribution in [2.24, 2.45) is 0 Å². The van der Waals surface area contributed by atoms with Crippen molar-refractivity contribution in [2.75, 3.05) is 11.4 Å². The van der Waals surface area contributed by atoms with Gasteiger partial charge >= 0.3 is 0 Å². The van der Waals surface area contributed by atoms with Gasteiger partial charge in [-0.15, -0.1) is 10.2 Å². The van der Waals surface area contributed by atoms with E-state index in [1.54, 1.807) is 17.0 Å². The average Bonchev–Trinajstić information content (AvgIpc) is 3.21. The van der Waals surface area contributed by atoms with Crippen LogP contribution in [0.5, 0.6) is 5.75 Å². The maximum atomic E-state index is 12.3. The highest BCUT2D eigenvalue weighted by Gasteiger charge is 2.23. The van der Waals surface area contributed by atoms with Gasteiger partial charge in [0.2, 0.25) is 5.91 Å². The Labute approximate surface area is 173 Å². The highest BCUT2D eigenvalue weighted by atomic mass is 16.3. The minimum atomic E-state index is -0.0806. The van der Waals surface area contributed by atoms with Gasteiger partial charge in [-0.05, 0) is 54.8 Å². The summed E-state index contributed by atoms with van der Waals surface area (Å²) in [5.41, 5.74) is 5.99. The molecule has 0 saturated heterocycles. The fraction of sp³-hybridized carbons (Fsp3) is 0.125. The third kappa shape index (κ3) is 2.93. The van der Waals surface area contributed by atoms with Crippen LogP contribution < -0.4 is 4.90 Å². The Morgan fingerprint density at radius 3 is 2.77 bits per heavy atom. The van der Waals surface area contributed by atoms with Crippen LogP contribution in [0, 0.1) is 0 Å². The second-order valence-corrected chi connectivity index (χ2v) is 7.33. The number of phenolic OH excluding ortho intramolecular Hbond substituents is 1. The van der Waals surface area contributed by atoms with Gasteiger partial charge in [0.15, 0.2) is 5.65 Å². The summed E-state index contributed by atoms with van der Waals surface area (Å²) in [6, 6.07) is 17.0. The monoisotopic (exact) mass is 396 g/mol.